The van der Waals surface area contributed by atoms with Crippen LogP contribution in [0.2, 0.25) is 0 Å². The first-order valence-corrected chi connectivity index (χ1v) is 10.5. The Bertz CT molecular complexity index is 777. The number of hydrogen-bond donors (Lipinski definition) is 0. The number of rotatable bonds is 5. The molecule has 0 aliphatic carbocycles. The number of thioether (sulfide) groups is 1. The van der Waals surface area contributed by atoms with E-state index in [2.05, 4.69) is 55.5 Å². The summed E-state index contributed by atoms with van der Waals surface area (Å²) in [4.78, 5) is 13.7. The van der Waals surface area contributed by atoms with Gasteiger partial charge in [0.05, 0.1) is 5.69 Å². The van der Waals surface area contributed by atoms with Gasteiger partial charge in [-0.1, -0.05) is 30.8 Å². The highest BCUT2D eigenvalue weighted by molar-refractivity contribution is 14.1. The van der Waals surface area contributed by atoms with Gasteiger partial charge in [-0.15, -0.1) is 0 Å². The lowest BCUT2D eigenvalue weighted by Crippen LogP contribution is -2.23. The number of nitrogens with zero attached hydrogens (tertiary/aromatic N) is 1. The first kappa shape index (κ1) is 20.1. The second-order valence-electron chi connectivity index (χ2n) is 5.95. The maximum atomic E-state index is 12.1. The lowest BCUT2D eigenvalue weighted by atomic mass is 10.0. The van der Waals surface area contributed by atoms with Gasteiger partial charge in [-0.25, -0.2) is 0 Å². The number of anilines is 1. The summed E-state index contributed by atoms with van der Waals surface area (Å²) in [5.41, 5.74) is 5.67. The molecule has 1 amide bonds. The van der Waals surface area contributed by atoms with Crippen LogP contribution in [-0.4, -0.2) is 18.5 Å². The van der Waals surface area contributed by atoms with Gasteiger partial charge in [0, 0.05) is 16.2 Å². The SMILES string of the molecule is CCc1cc(C)c(OCc2c(I)cccc2N(C)C(=O)SC)cc1C. The van der Waals surface area contributed by atoms with E-state index < -0.39 is 0 Å². The topological polar surface area (TPSA) is 29.5 Å². The molecular formula is C20H24INO2S. The number of amides is 1. The molecular weight excluding hydrogens is 445 g/mol. The molecule has 0 radical (unpaired) electrons. The zero-order chi connectivity index (χ0) is 18.6. The van der Waals surface area contributed by atoms with Crippen molar-refractivity contribution in [1.29, 1.82) is 0 Å². The van der Waals surface area contributed by atoms with Crippen LogP contribution in [-0.2, 0) is 13.0 Å². The van der Waals surface area contributed by atoms with Crippen molar-refractivity contribution in [3.63, 3.8) is 0 Å². The van der Waals surface area contributed by atoms with Gasteiger partial charge in [0.15, 0.2) is 0 Å². The summed E-state index contributed by atoms with van der Waals surface area (Å²) in [7, 11) is 1.80. The predicted octanol–water partition coefficient (Wildman–Crippen LogP) is 5.97. The van der Waals surface area contributed by atoms with E-state index in [0.717, 1.165) is 32.6 Å². The Kier molecular flexibility index (Phi) is 7.19. The molecule has 2 aromatic carbocycles. The summed E-state index contributed by atoms with van der Waals surface area (Å²) >= 11 is 3.51. The number of carbonyl (C=O) groups is 1. The first-order chi connectivity index (χ1) is 11.9. The number of aryl methyl sites for hydroxylation is 3. The highest BCUT2D eigenvalue weighted by Crippen LogP contribution is 2.29. The average Bonchev–Trinajstić information content (AvgIpc) is 2.61. The van der Waals surface area contributed by atoms with Gasteiger partial charge in [0.25, 0.3) is 5.24 Å². The molecule has 0 fully saturated rings. The summed E-state index contributed by atoms with van der Waals surface area (Å²) in [6, 6.07) is 10.3. The third-order valence-electron chi connectivity index (χ3n) is 4.29. The molecule has 5 heteroatoms. The molecule has 0 saturated carbocycles. The molecule has 2 aromatic rings. The summed E-state index contributed by atoms with van der Waals surface area (Å²) < 4.78 is 7.23. The maximum Gasteiger partial charge on any atom is 0.285 e. The second kappa shape index (κ2) is 8.94. The third-order valence-corrected chi connectivity index (χ3v) is 5.92. The Hall–Kier alpha value is -1.21. The normalized spacial score (nSPS) is 10.6. The van der Waals surface area contributed by atoms with Crippen molar-refractivity contribution in [3.8, 4) is 5.75 Å². The molecule has 0 aromatic heterocycles. The van der Waals surface area contributed by atoms with Gasteiger partial charge in [-0.3, -0.25) is 4.79 Å². The van der Waals surface area contributed by atoms with E-state index in [1.54, 1.807) is 18.2 Å². The summed E-state index contributed by atoms with van der Waals surface area (Å²) in [5, 5.41) is 0.0163. The van der Waals surface area contributed by atoms with E-state index in [1.165, 1.54) is 22.9 Å². The second-order valence-corrected chi connectivity index (χ2v) is 7.87. The number of halogens is 1. The van der Waals surface area contributed by atoms with Crippen molar-refractivity contribution in [3.05, 3.63) is 56.2 Å². The van der Waals surface area contributed by atoms with Crippen molar-refractivity contribution in [1.82, 2.24) is 0 Å². The molecule has 0 aliphatic rings. The van der Waals surface area contributed by atoms with Crippen molar-refractivity contribution in [2.45, 2.75) is 33.8 Å². The monoisotopic (exact) mass is 469 g/mol. The van der Waals surface area contributed by atoms with Crippen LogP contribution in [0.5, 0.6) is 5.75 Å². The number of benzene rings is 2. The van der Waals surface area contributed by atoms with Crippen LogP contribution in [0.25, 0.3) is 0 Å². The maximum absolute atomic E-state index is 12.1. The smallest absolute Gasteiger partial charge is 0.285 e. The predicted molar refractivity (Wildman–Crippen MR) is 116 cm³/mol. The molecule has 0 N–H and O–H groups in total. The summed E-state index contributed by atoms with van der Waals surface area (Å²) in [6.45, 7) is 6.80. The molecule has 0 unspecified atom stereocenters. The van der Waals surface area contributed by atoms with E-state index in [9.17, 15) is 4.79 Å². The number of hydrogen-bond acceptors (Lipinski definition) is 3. The quantitative estimate of drug-likeness (QED) is 0.506. The minimum Gasteiger partial charge on any atom is -0.489 e. The Morgan fingerprint density at radius 3 is 2.60 bits per heavy atom. The third kappa shape index (κ3) is 4.70. The minimum absolute atomic E-state index is 0.0163. The van der Waals surface area contributed by atoms with E-state index in [0.29, 0.717) is 6.61 Å². The van der Waals surface area contributed by atoms with Gasteiger partial charge in [0.1, 0.15) is 12.4 Å². The van der Waals surface area contributed by atoms with Crippen molar-refractivity contribution < 1.29 is 9.53 Å². The van der Waals surface area contributed by atoms with Gasteiger partial charge in [0.2, 0.25) is 0 Å². The van der Waals surface area contributed by atoms with Crippen LogP contribution in [0.15, 0.2) is 30.3 Å². The van der Waals surface area contributed by atoms with Crippen molar-refractivity contribution in [2.75, 3.05) is 18.2 Å². The zero-order valence-corrected chi connectivity index (χ0v) is 18.3. The number of carbonyl (C=O) groups excluding carboxylic acids is 1. The minimum atomic E-state index is 0.0163. The first-order valence-electron chi connectivity index (χ1n) is 8.21. The molecule has 0 saturated heterocycles. The fraction of sp³-hybridized carbons (Fsp3) is 0.350. The molecule has 25 heavy (non-hydrogen) atoms. The van der Waals surface area contributed by atoms with Gasteiger partial charge < -0.3 is 9.64 Å². The van der Waals surface area contributed by atoms with Crippen LogP contribution in [0.3, 0.4) is 0 Å². The van der Waals surface area contributed by atoms with Crippen LogP contribution >= 0.6 is 34.4 Å². The Balaban J connectivity index is 2.30. The van der Waals surface area contributed by atoms with Gasteiger partial charge in [-0.05, 0) is 84.0 Å². The van der Waals surface area contributed by atoms with Crippen LogP contribution in [0, 0.1) is 17.4 Å². The fourth-order valence-electron chi connectivity index (χ4n) is 2.78. The molecule has 0 atom stereocenters. The number of ether oxygens (including phenoxy) is 1. The van der Waals surface area contributed by atoms with E-state index in [4.69, 9.17) is 4.74 Å². The van der Waals surface area contributed by atoms with E-state index in [-0.39, 0.29) is 5.24 Å². The Morgan fingerprint density at radius 1 is 1.24 bits per heavy atom. The Morgan fingerprint density at radius 2 is 1.96 bits per heavy atom. The molecule has 3 nitrogen and oxygen atoms in total. The summed E-state index contributed by atoms with van der Waals surface area (Å²) in [6.07, 6.45) is 2.82. The highest BCUT2D eigenvalue weighted by Gasteiger charge is 2.16. The van der Waals surface area contributed by atoms with Gasteiger partial charge in [-0.2, -0.15) is 0 Å². The molecule has 0 heterocycles. The molecule has 0 aliphatic heterocycles. The standard InChI is InChI=1S/C20H24INO2S/c1-6-15-10-14(3)19(11-13(15)2)24-12-16-17(21)8-7-9-18(16)22(4)20(23)25-5/h7-11H,6,12H2,1-5H3. The summed E-state index contributed by atoms with van der Waals surface area (Å²) in [5.74, 6) is 0.902. The van der Waals surface area contributed by atoms with Crippen LogP contribution < -0.4 is 9.64 Å². The van der Waals surface area contributed by atoms with Crippen molar-refractivity contribution >= 4 is 45.3 Å². The fourth-order valence-corrected chi connectivity index (χ4v) is 3.79. The lowest BCUT2D eigenvalue weighted by molar-refractivity contribution is 0.266. The largest absolute Gasteiger partial charge is 0.489 e. The van der Waals surface area contributed by atoms with Crippen LogP contribution in [0.4, 0.5) is 10.5 Å². The zero-order valence-electron chi connectivity index (χ0n) is 15.4. The molecule has 2 rings (SSSR count). The highest BCUT2D eigenvalue weighted by atomic mass is 127. The van der Waals surface area contributed by atoms with Crippen LogP contribution in [0.1, 0.15) is 29.2 Å². The average molecular weight is 469 g/mol. The lowest BCUT2D eigenvalue weighted by Gasteiger charge is -2.21. The molecule has 134 valence electrons. The van der Waals surface area contributed by atoms with Gasteiger partial charge >= 0.3 is 0 Å². The van der Waals surface area contributed by atoms with E-state index >= 15 is 0 Å². The van der Waals surface area contributed by atoms with Crippen molar-refractivity contribution in [2.24, 2.45) is 0 Å². The molecule has 0 bridgehead atoms. The molecule has 0 spiro atoms. The Labute approximate surface area is 168 Å². The van der Waals surface area contributed by atoms with E-state index in [1.807, 2.05) is 18.2 Å².